The largest absolute Gasteiger partial charge is 0.481 e. The number of nitrogens with zero attached hydrogens (tertiary/aromatic N) is 2. The first-order valence-electron chi connectivity index (χ1n) is 21.0. The lowest BCUT2D eigenvalue weighted by Gasteiger charge is -2.34. The molecule has 2 aromatic rings. The van der Waals surface area contributed by atoms with Gasteiger partial charge in [0.15, 0.2) is 11.1 Å². The maximum Gasteiger partial charge on any atom is 0.330 e. The average molecular weight is 892 g/mol. The average Bonchev–Trinajstić information content (AvgIpc) is 3.54. The Bertz CT molecular complexity index is 2260. The molecule has 0 saturated carbocycles. The highest BCUT2D eigenvalue weighted by Gasteiger charge is 2.50. The highest BCUT2D eigenvalue weighted by atomic mass is 32.2. The number of fused-ring (bicyclic) bond motifs is 2. The SMILES string of the molecule is CCCC[N+]1=C(C=CC=CC=C2N(C(CCC)S(=O)(=O)O)c3ccc(S(=O)(=O)O)cc3C2(C)CCP(=O)(OCC)OCC)C(C)(CCCCCC(=O)O)c2cc(C)ccc21. The van der Waals surface area contributed by atoms with E-state index >= 15 is 0 Å². The number of rotatable bonds is 24. The summed E-state index contributed by atoms with van der Waals surface area (Å²) in [4.78, 5) is 12.3. The molecule has 2 aliphatic heterocycles. The minimum atomic E-state index is -4.72. The van der Waals surface area contributed by atoms with Crippen molar-refractivity contribution in [1.82, 2.24) is 0 Å². The summed E-state index contributed by atoms with van der Waals surface area (Å²) in [6, 6.07) is 10.4. The maximum atomic E-state index is 13.8. The molecule has 13 nitrogen and oxygen atoms in total. The van der Waals surface area contributed by atoms with Crippen LogP contribution in [0.2, 0.25) is 0 Å². The molecule has 0 spiro atoms. The van der Waals surface area contributed by atoms with E-state index in [-0.39, 0.29) is 44.1 Å². The summed E-state index contributed by atoms with van der Waals surface area (Å²) in [5.41, 5.74) is 4.15. The van der Waals surface area contributed by atoms with Gasteiger partial charge >= 0.3 is 13.6 Å². The summed E-state index contributed by atoms with van der Waals surface area (Å²) >= 11 is 0. The molecule has 60 heavy (non-hydrogen) atoms. The third-order valence-electron chi connectivity index (χ3n) is 11.6. The van der Waals surface area contributed by atoms with Gasteiger partial charge in [-0.15, -0.1) is 0 Å². The smallest absolute Gasteiger partial charge is 0.330 e. The number of hydrogen-bond donors (Lipinski definition) is 3. The normalized spacial score (nSPS) is 20.8. The first-order chi connectivity index (χ1) is 28.2. The molecule has 3 unspecified atom stereocenters. The quantitative estimate of drug-likeness (QED) is 0.0298. The zero-order valence-electron chi connectivity index (χ0n) is 36.1. The molecule has 0 aromatic heterocycles. The van der Waals surface area contributed by atoms with Crippen LogP contribution < -0.4 is 4.90 Å². The Labute approximate surface area is 357 Å². The molecule has 0 bridgehead atoms. The Kier molecular flexibility index (Phi) is 16.9. The van der Waals surface area contributed by atoms with Gasteiger partial charge in [-0.3, -0.25) is 18.5 Å². The minimum Gasteiger partial charge on any atom is -0.481 e. The summed E-state index contributed by atoms with van der Waals surface area (Å²) < 4.78 is 99.3. The Morgan fingerprint density at radius 3 is 2.17 bits per heavy atom. The van der Waals surface area contributed by atoms with Crippen molar-refractivity contribution in [3.8, 4) is 0 Å². The predicted molar refractivity (Wildman–Crippen MR) is 237 cm³/mol. The molecule has 0 aliphatic carbocycles. The van der Waals surface area contributed by atoms with E-state index in [1.54, 1.807) is 39.8 Å². The van der Waals surface area contributed by atoms with Crippen molar-refractivity contribution in [3.63, 3.8) is 0 Å². The van der Waals surface area contributed by atoms with Crippen LogP contribution >= 0.6 is 7.60 Å². The van der Waals surface area contributed by atoms with Gasteiger partial charge in [0.1, 0.15) is 6.54 Å². The van der Waals surface area contributed by atoms with E-state index in [2.05, 4.69) is 49.6 Å². The second-order valence-electron chi connectivity index (χ2n) is 16.0. The van der Waals surface area contributed by atoms with Crippen LogP contribution in [0.3, 0.4) is 0 Å². The maximum absolute atomic E-state index is 13.8. The molecule has 3 N–H and O–H groups in total. The van der Waals surface area contributed by atoms with Crippen LogP contribution in [0.1, 0.15) is 122 Å². The highest BCUT2D eigenvalue weighted by Crippen LogP contribution is 2.57. The third kappa shape index (κ3) is 11.3. The molecule has 4 rings (SSSR count). The van der Waals surface area contributed by atoms with E-state index in [1.165, 1.54) is 28.7 Å². The van der Waals surface area contributed by atoms with Crippen molar-refractivity contribution >= 4 is 50.9 Å². The van der Waals surface area contributed by atoms with Crippen molar-refractivity contribution in [2.75, 3.05) is 30.8 Å². The zero-order chi connectivity index (χ0) is 44.5. The first-order valence-corrected chi connectivity index (χ1v) is 25.7. The lowest BCUT2D eigenvalue weighted by molar-refractivity contribution is -0.438. The summed E-state index contributed by atoms with van der Waals surface area (Å²) in [6.07, 6.45) is 14.9. The van der Waals surface area contributed by atoms with Gasteiger partial charge < -0.3 is 19.1 Å². The Hall–Kier alpha value is -3.43. The molecule has 332 valence electrons. The van der Waals surface area contributed by atoms with Crippen LogP contribution in [-0.2, 0) is 49.5 Å². The summed E-state index contributed by atoms with van der Waals surface area (Å²) in [6.45, 7) is 14.5. The van der Waals surface area contributed by atoms with E-state index in [0.29, 0.717) is 29.8 Å². The van der Waals surface area contributed by atoms with Gasteiger partial charge in [0.05, 0.1) is 29.7 Å². The summed E-state index contributed by atoms with van der Waals surface area (Å²) in [5, 5.41) is 7.75. The molecular formula is C44H64N2O11PS2+. The van der Waals surface area contributed by atoms with Gasteiger partial charge in [-0.2, -0.15) is 21.4 Å². The number of hydrogen-bond acceptors (Lipinski definition) is 9. The van der Waals surface area contributed by atoms with Crippen LogP contribution in [-0.4, -0.2) is 78.6 Å². The lowest BCUT2D eigenvalue weighted by Crippen LogP contribution is -2.41. The van der Waals surface area contributed by atoms with Crippen LogP contribution in [0.25, 0.3) is 0 Å². The van der Waals surface area contributed by atoms with Crippen LogP contribution in [0.5, 0.6) is 0 Å². The second-order valence-corrected chi connectivity index (χ2v) is 21.2. The number of anilines is 1. The molecule has 2 aromatic carbocycles. The Morgan fingerprint density at radius 1 is 0.867 bits per heavy atom. The van der Waals surface area contributed by atoms with Gasteiger partial charge in [-0.1, -0.05) is 69.4 Å². The van der Waals surface area contributed by atoms with Crippen LogP contribution in [0.15, 0.2) is 77.4 Å². The summed E-state index contributed by atoms with van der Waals surface area (Å²) in [5.74, 6) is -0.798. The topological polar surface area (TPSA) is 188 Å². The van der Waals surface area contributed by atoms with Gasteiger partial charge in [0, 0.05) is 47.3 Å². The van der Waals surface area contributed by atoms with Crippen molar-refractivity contribution in [2.24, 2.45) is 0 Å². The van der Waals surface area contributed by atoms with Crippen molar-refractivity contribution in [1.29, 1.82) is 0 Å². The number of carboxylic acid groups (broad SMARTS) is 1. The van der Waals surface area contributed by atoms with E-state index in [1.807, 2.05) is 12.2 Å². The molecule has 0 saturated heterocycles. The van der Waals surface area contributed by atoms with Crippen molar-refractivity contribution in [3.05, 3.63) is 89.2 Å². The van der Waals surface area contributed by atoms with Crippen molar-refractivity contribution < 1.29 is 54.0 Å². The number of carboxylic acids is 1. The molecule has 3 atom stereocenters. The number of aryl methyl sites for hydroxylation is 1. The van der Waals surface area contributed by atoms with E-state index in [4.69, 9.17) is 9.05 Å². The van der Waals surface area contributed by atoms with Gasteiger partial charge in [0.25, 0.3) is 20.2 Å². The third-order valence-corrected chi connectivity index (χ3v) is 15.6. The molecule has 2 aliphatic rings. The second kappa shape index (κ2) is 20.6. The fourth-order valence-corrected chi connectivity index (χ4v) is 11.9. The lowest BCUT2D eigenvalue weighted by atomic mass is 9.75. The minimum absolute atomic E-state index is 0.0343. The summed E-state index contributed by atoms with van der Waals surface area (Å²) in [7, 11) is -13.0. The molecular weight excluding hydrogens is 828 g/mol. The van der Waals surface area contributed by atoms with Gasteiger partial charge in [-0.25, -0.2) is 0 Å². The van der Waals surface area contributed by atoms with Gasteiger partial charge in [0.2, 0.25) is 5.69 Å². The van der Waals surface area contributed by atoms with E-state index < -0.39 is 49.5 Å². The molecule has 0 amide bonds. The van der Waals surface area contributed by atoms with Crippen LogP contribution in [0, 0.1) is 6.92 Å². The van der Waals surface area contributed by atoms with Crippen LogP contribution in [0.4, 0.5) is 11.4 Å². The first kappa shape index (κ1) is 49.2. The standard InChI is InChI=1S/C44H63N2O11PS2/c1-8-12-29-45-37-25-23-33(5)31-35(37)43(6,27-18-14-17-22-42(47)48)39(45)20-15-13-16-21-40-44(7,28-30-58(49,56-10-3)57-11-4)36-32-34(59(50,51)52)24-26-38(36)46(40)41(19-9-2)60(53,54)55/h13,15-16,20-21,23-26,31-32,41H,8-12,14,17-19,22,27-30H2,1-7H3,(H2-,47,48,50,51,52,53,54,55)/p+1. The van der Waals surface area contributed by atoms with E-state index in [9.17, 15) is 40.4 Å². The van der Waals surface area contributed by atoms with E-state index in [0.717, 1.165) is 55.6 Å². The zero-order valence-corrected chi connectivity index (χ0v) is 38.6. The fourth-order valence-electron chi connectivity index (χ4n) is 8.55. The number of aliphatic carboxylic acids is 1. The predicted octanol–water partition coefficient (Wildman–Crippen LogP) is 9.88. The molecule has 0 radical (unpaired) electrons. The Balaban J connectivity index is 1.88. The number of carbonyl (C=O) groups is 1. The number of unbranched alkanes of at least 4 members (excludes halogenated alkanes) is 3. The Morgan fingerprint density at radius 2 is 1.57 bits per heavy atom. The number of benzene rings is 2. The van der Waals surface area contributed by atoms with Crippen molar-refractivity contribution in [2.45, 2.75) is 134 Å². The molecule has 2 heterocycles. The monoisotopic (exact) mass is 891 g/mol. The fraction of sp³-hybridized carbons (Fsp3) is 0.545. The van der Waals surface area contributed by atoms with Gasteiger partial charge in [-0.05, 0) is 96.2 Å². The number of allylic oxidation sites excluding steroid dienone is 6. The highest BCUT2D eigenvalue weighted by molar-refractivity contribution is 7.86. The molecule has 16 heteroatoms. The molecule has 0 fully saturated rings.